The van der Waals surface area contributed by atoms with E-state index in [4.69, 9.17) is 9.47 Å². The van der Waals surface area contributed by atoms with Gasteiger partial charge in [0.1, 0.15) is 18.1 Å². The Morgan fingerprint density at radius 2 is 1.77 bits per heavy atom. The van der Waals surface area contributed by atoms with Gasteiger partial charge in [-0.25, -0.2) is 0 Å². The monoisotopic (exact) mass is 295 g/mol. The van der Waals surface area contributed by atoms with Crippen molar-refractivity contribution in [3.8, 4) is 23.3 Å². The Morgan fingerprint density at radius 3 is 2.50 bits per heavy atom. The largest absolute Gasteiger partial charge is 0.495 e. The topological polar surface area (TPSA) is 47.6 Å². The molecule has 4 heteroatoms. The lowest BCUT2D eigenvalue weighted by molar-refractivity contribution is -0.114. The molecule has 0 aromatic heterocycles. The van der Waals surface area contributed by atoms with Crippen LogP contribution in [0.3, 0.4) is 0 Å². The molecule has 22 heavy (non-hydrogen) atoms. The van der Waals surface area contributed by atoms with Crippen LogP contribution in [0.25, 0.3) is 0 Å². The second-order valence-corrected chi connectivity index (χ2v) is 4.47. The highest BCUT2D eigenvalue weighted by atomic mass is 16.5. The molecule has 1 amide bonds. The van der Waals surface area contributed by atoms with Crippen LogP contribution >= 0.6 is 0 Å². The lowest BCUT2D eigenvalue weighted by Crippen LogP contribution is -2.07. The van der Waals surface area contributed by atoms with Gasteiger partial charge in [-0.15, -0.1) is 0 Å². The highest BCUT2D eigenvalue weighted by Gasteiger charge is 2.03. The van der Waals surface area contributed by atoms with E-state index in [1.54, 1.807) is 19.2 Å². The number of amides is 1. The van der Waals surface area contributed by atoms with Crippen LogP contribution in [0.1, 0.15) is 12.5 Å². The van der Waals surface area contributed by atoms with Crippen LogP contribution in [0, 0.1) is 11.8 Å². The molecule has 0 aliphatic heterocycles. The molecule has 0 radical (unpaired) electrons. The van der Waals surface area contributed by atoms with E-state index < -0.39 is 0 Å². The summed E-state index contributed by atoms with van der Waals surface area (Å²) in [7, 11) is 1.61. The van der Waals surface area contributed by atoms with Crippen LogP contribution < -0.4 is 14.8 Å². The Bertz CT molecular complexity index is 714. The number of methoxy groups -OCH3 is 1. The summed E-state index contributed by atoms with van der Waals surface area (Å²) < 4.78 is 10.8. The summed E-state index contributed by atoms with van der Waals surface area (Å²) in [6, 6.07) is 14.8. The molecule has 0 spiro atoms. The molecule has 2 aromatic rings. The summed E-state index contributed by atoms with van der Waals surface area (Å²) >= 11 is 0. The van der Waals surface area contributed by atoms with E-state index in [-0.39, 0.29) is 12.5 Å². The maximum absolute atomic E-state index is 11.1. The quantitative estimate of drug-likeness (QED) is 0.882. The Morgan fingerprint density at radius 1 is 1.09 bits per heavy atom. The third-order valence-electron chi connectivity index (χ3n) is 2.83. The Hall–Kier alpha value is -2.93. The maximum Gasteiger partial charge on any atom is 0.221 e. The number of anilines is 1. The molecule has 0 aliphatic rings. The predicted octanol–water partition coefficient (Wildman–Crippen LogP) is 3.08. The van der Waals surface area contributed by atoms with Crippen molar-refractivity contribution in [2.75, 3.05) is 19.0 Å². The third kappa shape index (κ3) is 4.29. The highest BCUT2D eigenvalue weighted by Crippen LogP contribution is 2.23. The van der Waals surface area contributed by atoms with Crippen molar-refractivity contribution < 1.29 is 14.3 Å². The third-order valence-corrected chi connectivity index (χ3v) is 2.83. The van der Waals surface area contributed by atoms with Crippen molar-refractivity contribution >= 4 is 11.6 Å². The molecule has 0 atom stereocenters. The number of carbonyl (C=O) groups excluding carboxylic acids is 1. The van der Waals surface area contributed by atoms with E-state index in [1.165, 1.54) is 6.92 Å². The van der Waals surface area contributed by atoms with Crippen LogP contribution in [0.4, 0.5) is 5.69 Å². The Balaban J connectivity index is 2.03. The molecular weight excluding hydrogens is 278 g/mol. The normalized spacial score (nSPS) is 9.36. The van der Waals surface area contributed by atoms with Crippen molar-refractivity contribution in [2.24, 2.45) is 0 Å². The lowest BCUT2D eigenvalue weighted by Gasteiger charge is -2.09. The average molecular weight is 295 g/mol. The molecule has 0 aliphatic carbocycles. The summed E-state index contributed by atoms with van der Waals surface area (Å²) in [5, 5.41) is 2.72. The number of carbonyl (C=O) groups is 1. The first-order chi connectivity index (χ1) is 10.7. The van der Waals surface area contributed by atoms with Gasteiger partial charge >= 0.3 is 0 Å². The standard InChI is InChI=1S/C18H17NO3/c1-14(20)19-16-10-4-6-12-18(16)22-13-7-9-15-8-3-5-11-17(15)21-2/h3-6,8,10-12H,13H2,1-2H3,(H,19,20). The maximum atomic E-state index is 11.1. The summed E-state index contributed by atoms with van der Waals surface area (Å²) in [4.78, 5) is 11.1. The lowest BCUT2D eigenvalue weighted by atomic mass is 10.2. The zero-order chi connectivity index (χ0) is 15.8. The van der Waals surface area contributed by atoms with Crippen molar-refractivity contribution in [3.05, 3.63) is 54.1 Å². The van der Waals surface area contributed by atoms with Crippen molar-refractivity contribution in [2.45, 2.75) is 6.92 Å². The fraction of sp³-hybridized carbons (Fsp3) is 0.167. The predicted molar refractivity (Wildman–Crippen MR) is 86.1 cm³/mol. The molecule has 2 rings (SSSR count). The summed E-state index contributed by atoms with van der Waals surface area (Å²) in [5.41, 5.74) is 1.44. The van der Waals surface area contributed by atoms with Crippen LogP contribution in [0.15, 0.2) is 48.5 Å². The minimum Gasteiger partial charge on any atom is -0.495 e. The van der Waals surface area contributed by atoms with Gasteiger partial charge in [0.05, 0.1) is 18.4 Å². The molecule has 0 saturated heterocycles. The number of hydrogen-bond donors (Lipinski definition) is 1. The van der Waals surface area contributed by atoms with Gasteiger partial charge in [0.2, 0.25) is 5.91 Å². The first-order valence-electron chi connectivity index (χ1n) is 6.82. The second kappa shape index (κ2) is 7.75. The zero-order valence-corrected chi connectivity index (χ0v) is 12.6. The van der Waals surface area contributed by atoms with Crippen molar-refractivity contribution in [1.82, 2.24) is 0 Å². The SMILES string of the molecule is COc1ccccc1C#CCOc1ccccc1NC(C)=O. The fourth-order valence-corrected chi connectivity index (χ4v) is 1.88. The van der Waals surface area contributed by atoms with Gasteiger partial charge in [-0.3, -0.25) is 4.79 Å². The van der Waals surface area contributed by atoms with Gasteiger partial charge in [0.25, 0.3) is 0 Å². The van der Waals surface area contributed by atoms with Crippen LogP contribution in [0.2, 0.25) is 0 Å². The van der Waals surface area contributed by atoms with Crippen LogP contribution in [-0.4, -0.2) is 19.6 Å². The van der Waals surface area contributed by atoms with E-state index in [0.717, 1.165) is 11.3 Å². The van der Waals surface area contributed by atoms with E-state index in [1.807, 2.05) is 36.4 Å². The summed E-state index contributed by atoms with van der Waals surface area (Å²) in [6.45, 7) is 1.67. The van der Waals surface area contributed by atoms with Gasteiger partial charge < -0.3 is 14.8 Å². The van der Waals surface area contributed by atoms with Crippen molar-refractivity contribution in [1.29, 1.82) is 0 Å². The van der Waals surface area contributed by atoms with Crippen LogP contribution in [-0.2, 0) is 4.79 Å². The number of benzene rings is 2. The zero-order valence-electron chi connectivity index (χ0n) is 12.6. The van der Waals surface area contributed by atoms with Gasteiger partial charge in [0.15, 0.2) is 0 Å². The first kappa shape index (κ1) is 15.5. The van der Waals surface area contributed by atoms with Gasteiger partial charge in [-0.1, -0.05) is 36.1 Å². The molecule has 2 aromatic carbocycles. The summed E-state index contributed by atoms with van der Waals surface area (Å²) in [5.74, 6) is 7.13. The molecule has 1 N–H and O–H groups in total. The average Bonchev–Trinajstić information content (AvgIpc) is 2.53. The highest BCUT2D eigenvalue weighted by molar-refractivity contribution is 5.90. The summed E-state index contributed by atoms with van der Waals surface area (Å²) in [6.07, 6.45) is 0. The number of ether oxygens (including phenoxy) is 2. The molecule has 112 valence electrons. The Labute approximate surface area is 130 Å². The van der Waals surface area contributed by atoms with E-state index in [9.17, 15) is 4.79 Å². The van der Waals surface area contributed by atoms with Gasteiger partial charge in [-0.05, 0) is 24.3 Å². The minimum absolute atomic E-state index is 0.142. The molecule has 4 nitrogen and oxygen atoms in total. The molecule has 0 heterocycles. The minimum atomic E-state index is -0.142. The number of nitrogens with one attached hydrogen (secondary N) is 1. The molecule has 0 unspecified atom stereocenters. The van der Waals surface area contributed by atoms with Crippen LogP contribution in [0.5, 0.6) is 11.5 Å². The van der Waals surface area contributed by atoms with E-state index in [0.29, 0.717) is 11.4 Å². The molecule has 0 bridgehead atoms. The second-order valence-electron chi connectivity index (χ2n) is 4.47. The molecule has 0 fully saturated rings. The van der Waals surface area contributed by atoms with Crippen molar-refractivity contribution in [3.63, 3.8) is 0 Å². The van der Waals surface area contributed by atoms with E-state index in [2.05, 4.69) is 17.2 Å². The van der Waals surface area contributed by atoms with Gasteiger partial charge in [-0.2, -0.15) is 0 Å². The first-order valence-corrected chi connectivity index (χ1v) is 6.82. The molecular formula is C18H17NO3. The number of hydrogen-bond acceptors (Lipinski definition) is 3. The van der Waals surface area contributed by atoms with E-state index >= 15 is 0 Å². The Kier molecular flexibility index (Phi) is 5.44. The van der Waals surface area contributed by atoms with Gasteiger partial charge in [0, 0.05) is 6.92 Å². The number of rotatable bonds is 4. The number of para-hydroxylation sites is 3. The smallest absolute Gasteiger partial charge is 0.221 e. The molecule has 0 saturated carbocycles. The fourth-order valence-electron chi connectivity index (χ4n) is 1.88.